The van der Waals surface area contributed by atoms with E-state index >= 15 is 0 Å². The van der Waals surface area contributed by atoms with E-state index in [0.29, 0.717) is 58.8 Å². The number of nitrogens with one attached hydrogen (secondary N) is 1. The highest BCUT2D eigenvalue weighted by Crippen LogP contribution is 2.37. The minimum Gasteiger partial charge on any atom is -0.493 e. The van der Waals surface area contributed by atoms with Gasteiger partial charge in [-0.05, 0) is 36.4 Å². The second kappa shape index (κ2) is 14.0. The molecule has 5 rings (SSSR count). The number of amides is 1. The van der Waals surface area contributed by atoms with Gasteiger partial charge >= 0.3 is 0 Å². The third-order valence-electron chi connectivity index (χ3n) is 7.07. The number of hydrogen-bond donors (Lipinski definition) is 1. The Balaban J connectivity index is 1.36. The fraction of sp³-hybridized carbons (Fsp3) is 0.323. The Hall–Kier alpha value is -4.22. The van der Waals surface area contributed by atoms with Crippen LogP contribution in [0.1, 0.15) is 24.2 Å². The Kier molecular flexibility index (Phi) is 9.96. The highest BCUT2D eigenvalue weighted by molar-refractivity contribution is 7.91. The first-order valence-electron chi connectivity index (χ1n) is 14.0. The van der Waals surface area contributed by atoms with Crippen LogP contribution in [0.5, 0.6) is 17.2 Å². The molecule has 0 bridgehead atoms. The molecule has 0 spiro atoms. The Bertz CT molecular complexity index is 1740. The molecular formula is C31H32N4O7S2. The van der Waals surface area contributed by atoms with Crippen molar-refractivity contribution in [3.63, 3.8) is 0 Å². The average Bonchev–Trinajstić information content (AvgIpc) is 3.44. The molecule has 1 N–H and O–H groups in total. The van der Waals surface area contributed by atoms with Gasteiger partial charge < -0.3 is 18.9 Å². The van der Waals surface area contributed by atoms with Gasteiger partial charge in [-0.15, -0.1) is 0 Å². The number of thiazole rings is 1. The number of carbonyl (C=O) groups excluding carboxylic acids is 1. The first-order valence-corrected chi connectivity index (χ1v) is 16.5. The number of methoxy groups -OCH3 is 1. The number of benzene rings is 3. The summed E-state index contributed by atoms with van der Waals surface area (Å²) in [6, 6.07) is 18.1. The lowest BCUT2D eigenvalue weighted by Crippen LogP contribution is -2.38. The van der Waals surface area contributed by atoms with Crippen molar-refractivity contribution < 1.29 is 32.2 Å². The van der Waals surface area contributed by atoms with Crippen LogP contribution >= 0.6 is 11.3 Å². The van der Waals surface area contributed by atoms with Crippen LogP contribution in [0.15, 0.2) is 65.6 Å². The number of carbonyl (C=O) groups is 1. The van der Waals surface area contributed by atoms with Crippen LogP contribution in [0.25, 0.3) is 10.2 Å². The van der Waals surface area contributed by atoms with Gasteiger partial charge in [-0.3, -0.25) is 15.0 Å². The van der Waals surface area contributed by atoms with Crippen LogP contribution < -0.4 is 19.5 Å². The van der Waals surface area contributed by atoms with Crippen LogP contribution in [0.4, 0.5) is 5.13 Å². The van der Waals surface area contributed by atoms with Gasteiger partial charge in [-0.2, -0.15) is 5.26 Å². The van der Waals surface area contributed by atoms with E-state index < -0.39 is 21.8 Å². The molecule has 230 valence electrons. The smallest absolute Gasteiger partial charge is 0.271 e. The normalized spacial score (nSPS) is 14.5. The first-order chi connectivity index (χ1) is 21.3. The van der Waals surface area contributed by atoms with E-state index in [9.17, 15) is 13.2 Å². The van der Waals surface area contributed by atoms with E-state index in [1.165, 1.54) is 23.5 Å². The zero-order valence-corrected chi connectivity index (χ0v) is 25.9. The molecule has 1 saturated heterocycles. The van der Waals surface area contributed by atoms with Gasteiger partial charge in [-0.1, -0.05) is 30.4 Å². The predicted octanol–water partition coefficient (Wildman–Crippen LogP) is 4.44. The second-order valence-corrected chi connectivity index (χ2v) is 13.2. The minimum absolute atomic E-state index is 0.0407. The zero-order chi connectivity index (χ0) is 31.1. The Morgan fingerprint density at radius 2 is 1.84 bits per heavy atom. The van der Waals surface area contributed by atoms with E-state index in [4.69, 9.17) is 24.2 Å². The topological polar surface area (TPSA) is 140 Å². The average molecular weight is 637 g/mol. The molecular weight excluding hydrogens is 604 g/mol. The third kappa shape index (κ3) is 7.46. The number of fused-ring (bicyclic) bond motifs is 1. The minimum atomic E-state index is -3.42. The number of ether oxygens (including phenoxy) is 4. The van der Waals surface area contributed by atoms with Gasteiger partial charge in [0.1, 0.15) is 12.4 Å². The second-order valence-electron chi connectivity index (χ2n) is 9.89. The number of nitriles is 1. The van der Waals surface area contributed by atoms with E-state index in [2.05, 4.69) is 15.2 Å². The quantitative estimate of drug-likeness (QED) is 0.237. The fourth-order valence-corrected chi connectivity index (χ4v) is 6.34. The molecule has 2 heterocycles. The summed E-state index contributed by atoms with van der Waals surface area (Å²) in [5.74, 6) is 0.933. The molecule has 1 aromatic heterocycles. The molecule has 4 aromatic rings. The van der Waals surface area contributed by atoms with Crippen LogP contribution in [-0.2, 0) is 19.4 Å². The third-order valence-corrected chi connectivity index (χ3v) is 9.75. The molecule has 0 radical (unpaired) electrons. The summed E-state index contributed by atoms with van der Waals surface area (Å²) in [6.07, 6.45) is -1.14. The lowest BCUT2D eigenvalue weighted by atomic mass is 10.1. The molecule has 1 unspecified atom stereocenters. The lowest BCUT2D eigenvalue weighted by Gasteiger charge is -2.26. The SMILES string of the molecule is CCS(=O)(=O)c1ccc(C(Oc2ccc(C#N)cc2)C(=O)Nc2nc3cc(OCCN4CCOCC4)c(OC)cc3s2)cc1. The zero-order valence-electron chi connectivity index (χ0n) is 24.3. The van der Waals surface area contributed by atoms with Crippen molar-refractivity contribution in [3.05, 3.63) is 71.8 Å². The van der Waals surface area contributed by atoms with Crippen molar-refractivity contribution in [2.24, 2.45) is 0 Å². The summed E-state index contributed by atoms with van der Waals surface area (Å²) in [7, 11) is -1.85. The molecule has 13 heteroatoms. The molecule has 1 aliphatic heterocycles. The maximum Gasteiger partial charge on any atom is 0.271 e. The molecule has 0 saturated carbocycles. The molecule has 0 aliphatic carbocycles. The Morgan fingerprint density at radius 3 is 2.50 bits per heavy atom. The van der Waals surface area contributed by atoms with Crippen LogP contribution in [0.3, 0.4) is 0 Å². The number of aromatic nitrogens is 1. The molecule has 44 heavy (non-hydrogen) atoms. The molecule has 1 aliphatic rings. The van der Waals surface area contributed by atoms with Crippen molar-refractivity contribution in [3.8, 4) is 23.3 Å². The maximum absolute atomic E-state index is 13.6. The molecule has 3 aromatic carbocycles. The van der Waals surface area contributed by atoms with E-state index in [1.807, 2.05) is 12.1 Å². The number of nitrogens with zero attached hydrogens (tertiary/aromatic N) is 3. The van der Waals surface area contributed by atoms with Gasteiger partial charge in [0, 0.05) is 37.3 Å². The number of hydrogen-bond acceptors (Lipinski definition) is 11. The van der Waals surface area contributed by atoms with Crippen molar-refractivity contribution in [1.29, 1.82) is 5.26 Å². The van der Waals surface area contributed by atoms with Gasteiger partial charge in [-0.25, -0.2) is 13.4 Å². The standard InChI is InChI=1S/C31H32N4O7S2/c1-3-44(37,38)24-10-6-22(7-11-24)29(42-23-8-4-21(20-32)5-9-23)30(36)34-31-33-25-18-27(26(39-2)19-28(25)43-31)41-17-14-35-12-15-40-16-13-35/h4-11,18-19,29H,3,12-17H2,1-2H3,(H,33,34,36). The van der Waals surface area contributed by atoms with E-state index in [0.717, 1.165) is 24.3 Å². The summed E-state index contributed by atoms with van der Waals surface area (Å²) >= 11 is 1.27. The van der Waals surface area contributed by atoms with E-state index in [1.54, 1.807) is 56.5 Å². The fourth-order valence-electron chi connectivity index (χ4n) is 4.58. The van der Waals surface area contributed by atoms with Gasteiger partial charge in [0.25, 0.3) is 5.91 Å². The van der Waals surface area contributed by atoms with Crippen molar-refractivity contribution in [2.75, 3.05) is 57.6 Å². The van der Waals surface area contributed by atoms with Crippen molar-refractivity contribution >= 4 is 42.4 Å². The molecule has 1 atom stereocenters. The summed E-state index contributed by atoms with van der Waals surface area (Å²) in [4.78, 5) is 20.7. The van der Waals surface area contributed by atoms with Crippen molar-refractivity contribution in [1.82, 2.24) is 9.88 Å². The predicted molar refractivity (Wildman–Crippen MR) is 166 cm³/mol. The highest BCUT2D eigenvalue weighted by Gasteiger charge is 2.25. The molecule has 1 fully saturated rings. The number of anilines is 1. The van der Waals surface area contributed by atoms with Crippen molar-refractivity contribution in [2.45, 2.75) is 17.9 Å². The first kappa shape index (κ1) is 31.2. The summed E-state index contributed by atoms with van der Waals surface area (Å²) in [5.41, 5.74) is 1.52. The highest BCUT2D eigenvalue weighted by atomic mass is 32.2. The monoisotopic (exact) mass is 636 g/mol. The van der Waals surface area contributed by atoms with Gasteiger partial charge in [0.2, 0.25) is 6.10 Å². The summed E-state index contributed by atoms with van der Waals surface area (Å²) in [6.45, 7) is 5.97. The maximum atomic E-state index is 13.6. The molecule has 1 amide bonds. The van der Waals surface area contributed by atoms with Gasteiger partial charge in [0.05, 0.1) is 52.8 Å². The number of sulfone groups is 1. The largest absolute Gasteiger partial charge is 0.493 e. The van der Waals surface area contributed by atoms with Crippen LogP contribution in [0, 0.1) is 11.3 Å². The number of morpholine rings is 1. The Labute approximate surface area is 259 Å². The van der Waals surface area contributed by atoms with E-state index in [-0.39, 0.29) is 10.6 Å². The van der Waals surface area contributed by atoms with Gasteiger partial charge in [0.15, 0.2) is 26.5 Å². The van der Waals surface area contributed by atoms with Crippen LogP contribution in [-0.4, -0.2) is 76.5 Å². The summed E-state index contributed by atoms with van der Waals surface area (Å²) < 4.78 is 48.5. The molecule has 11 nitrogen and oxygen atoms in total. The van der Waals surface area contributed by atoms with Crippen LogP contribution in [0.2, 0.25) is 0 Å². The number of rotatable bonds is 12. The summed E-state index contributed by atoms with van der Waals surface area (Å²) in [5, 5.41) is 12.3. The lowest BCUT2D eigenvalue weighted by molar-refractivity contribution is -0.123. The Morgan fingerprint density at radius 1 is 1.11 bits per heavy atom.